The number of carbonyl (C=O) groups excluding carboxylic acids is 1. The highest BCUT2D eigenvalue weighted by Crippen LogP contribution is 2.32. The van der Waals surface area contributed by atoms with Crippen molar-refractivity contribution in [3.8, 4) is 5.75 Å². The molecule has 6 heteroatoms. The summed E-state index contributed by atoms with van der Waals surface area (Å²) < 4.78 is 5.49. The molecule has 0 radical (unpaired) electrons. The summed E-state index contributed by atoms with van der Waals surface area (Å²) in [4.78, 5) is 15.3. The fourth-order valence-corrected chi connectivity index (χ4v) is 4.57. The molecule has 2 aromatic carbocycles. The number of methoxy groups -OCH3 is 1. The van der Waals surface area contributed by atoms with E-state index in [1.807, 2.05) is 41.3 Å². The molecule has 0 bridgehead atoms. The number of likely N-dealkylation sites (tertiary alicyclic amines) is 1. The SMILES string of the molecule is COc1ccccc1C1CC(C(=O)N2CCCCC(c3ccc(Cl)cc3)C2)NN1. The van der Waals surface area contributed by atoms with Crippen molar-refractivity contribution in [2.24, 2.45) is 0 Å². The summed E-state index contributed by atoms with van der Waals surface area (Å²) in [6.07, 6.45) is 4.00. The van der Waals surface area contributed by atoms with Crippen LogP contribution in [0.5, 0.6) is 5.75 Å². The highest BCUT2D eigenvalue weighted by atomic mass is 35.5. The number of halogens is 1. The molecule has 2 aromatic rings. The maximum atomic E-state index is 13.3. The standard InChI is InChI=1S/C23H28ClN3O2/c1-29-22-8-3-2-7-19(22)20-14-21(26-25-20)23(28)27-13-5-4-6-17(15-27)16-9-11-18(24)12-10-16/h2-3,7-12,17,20-21,25-26H,4-6,13-15H2,1H3. The number of nitrogens with zero attached hydrogens (tertiary/aromatic N) is 1. The lowest BCUT2D eigenvalue weighted by Gasteiger charge is -2.27. The Labute approximate surface area is 177 Å². The lowest BCUT2D eigenvalue weighted by molar-refractivity contribution is -0.133. The van der Waals surface area contributed by atoms with E-state index in [4.69, 9.17) is 16.3 Å². The number of para-hydroxylation sites is 1. The maximum Gasteiger partial charge on any atom is 0.241 e. The summed E-state index contributed by atoms with van der Waals surface area (Å²) in [5, 5.41) is 0.749. The van der Waals surface area contributed by atoms with Gasteiger partial charge in [0.1, 0.15) is 11.8 Å². The first-order valence-electron chi connectivity index (χ1n) is 10.3. The predicted octanol–water partition coefficient (Wildman–Crippen LogP) is 4.05. The molecule has 2 aliphatic rings. The molecule has 5 nitrogen and oxygen atoms in total. The normalized spacial score (nSPS) is 24.9. The Bertz CT molecular complexity index is 842. The summed E-state index contributed by atoms with van der Waals surface area (Å²) >= 11 is 6.05. The minimum atomic E-state index is -0.228. The lowest BCUT2D eigenvalue weighted by Crippen LogP contribution is -2.46. The van der Waals surface area contributed by atoms with E-state index in [2.05, 4.69) is 23.0 Å². The highest BCUT2D eigenvalue weighted by molar-refractivity contribution is 6.30. The molecule has 2 saturated heterocycles. The Balaban J connectivity index is 1.44. The van der Waals surface area contributed by atoms with E-state index < -0.39 is 0 Å². The van der Waals surface area contributed by atoms with Gasteiger partial charge < -0.3 is 9.64 Å². The van der Waals surface area contributed by atoms with Crippen LogP contribution in [-0.4, -0.2) is 37.0 Å². The molecule has 3 atom stereocenters. The zero-order valence-electron chi connectivity index (χ0n) is 16.7. The van der Waals surface area contributed by atoms with Gasteiger partial charge in [-0.05, 0) is 43.0 Å². The molecule has 2 heterocycles. The van der Waals surface area contributed by atoms with Gasteiger partial charge in [0.15, 0.2) is 0 Å². The topological polar surface area (TPSA) is 53.6 Å². The van der Waals surface area contributed by atoms with Crippen LogP contribution in [0.1, 0.15) is 48.8 Å². The van der Waals surface area contributed by atoms with Crippen LogP contribution in [-0.2, 0) is 4.79 Å². The zero-order chi connectivity index (χ0) is 20.2. The minimum Gasteiger partial charge on any atom is -0.496 e. The quantitative estimate of drug-likeness (QED) is 0.793. The fraction of sp³-hybridized carbons (Fsp3) is 0.435. The first-order chi connectivity index (χ1) is 14.2. The maximum absolute atomic E-state index is 13.3. The summed E-state index contributed by atoms with van der Waals surface area (Å²) in [6, 6.07) is 15.9. The van der Waals surface area contributed by atoms with E-state index in [9.17, 15) is 4.79 Å². The lowest BCUT2D eigenvalue weighted by atomic mass is 9.94. The van der Waals surface area contributed by atoms with E-state index in [-0.39, 0.29) is 18.0 Å². The monoisotopic (exact) mass is 413 g/mol. The number of ether oxygens (including phenoxy) is 1. The molecular weight excluding hydrogens is 386 g/mol. The van der Waals surface area contributed by atoms with Gasteiger partial charge in [-0.2, -0.15) is 0 Å². The molecule has 0 spiro atoms. The molecular formula is C23H28ClN3O2. The summed E-state index contributed by atoms with van der Waals surface area (Å²) in [5.74, 6) is 1.38. The number of rotatable bonds is 4. The Hall–Kier alpha value is -2.08. The molecule has 3 unspecified atom stereocenters. The second-order valence-corrected chi connectivity index (χ2v) is 8.34. The molecule has 0 saturated carbocycles. The molecule has 154 valence electrons. The number of nitrogens with one attached hydrogen (secondary N) is 2. The van der Waals surface area contributed by atoms with Crippen molar-refractivity contribution in [2.45, 2.75) is 43.7 Å². The van der Waals surface area contributed by atoms with Gasteiger partial charge in [-0.1, -0.05) is 48.4 Å². The van der Waals surface area contributed by atoms with Crippen molar-refractivity contribution in [2.75, 3.05) is 20.2 Å². The van der Waals surface area contributed by atoms with Gasteiger partial charge in [-0.15, -0.1) is 0 Å². The molecule has 4 rings (SSSR count). The van der Waals surface area contributed by atoms with E-state index >= 15 is 0 Å². The van der Waals surface area contributed by atoms with Gasteiger partial charge in [0, 0.05) is 29.6 Å². The number of hydrogen-bond donors (Lipinski definition) is 2. The first kappa shape index (κ1) is 20.2. The van der Waals surface area contributed by atoms with Crippen molar-refractivity contribution in [3.63, 3.8) is 0 Å². The fourth-order valence-electron chi connectivity index (χ4n) is 4.45. The Kier molecular flexibility index (Phi) is 6.38. The van der Waals surface area contributed by atoms with E-state index in [1.54, 1.807) is 7.11 Å². The van der Waals surface area contributed by atoms with Gasteiger partial charge >= 0.3 is 0 Å². The number of carbonyl (C=O) groups is 1. The van der Waals surface area contributed by atoms with Crippen LogP contribution in [0.2, 0.25) is 5.02 Å². The van der Waals surface area contributed by atoms with Gasteiger partial charge in [-0.25, -0.2) is 10.9 Å². The third-order valence-corrected chi connectivity index (χ3v) is 6.29. The van der Waals surface area contributed by atoms with Crippen molar-refractivity contribution < 1.29 is 9.53 Å². The van der Waals surface area contributed by atoms with Gasteiger partial charge in [-0.3, -0.25) is 4.79 Å². The molecule has 0 aromatic heterocycles. The Morgan fingerprint density at radius 3 is 2.69 bits per heavy atom. The van der Waals surface area contributed by atoms with Crippen molar-refractivity contribution in [1.29, 1.82) is 0 Å². The average Bonchev–Trinajstić information content (AvgIpc) is 3.12. The molecule has 2 fully saturated rings. The number of hydrazine groups is 1. The van der Waals surface area contributed by atoms with Gasteiger partial charge in [0.25, 0.3) is 0 Å². The number of benzene rings is 2. The van der Waals surface area contributed by atoms with Crippen LogP contribution in [0, 0.1) is 0 Å². The second-order valence-electron chi connectivity index (χ2n) is 7.90. The zero-order valence-corrected chi connectivity index (χ0v) is 17.5. The number of hydrogen-bond acceptors (Lipinski definition) is 4. The van der Waals surface area contributed by atoms with Crippen molar-refractivity contribution >= 4 is 17.5 Å². The van der Waals surface area contributed by atoms with E-state index in [1.165, 1.54) is 5.56 Å². The largest absolute Gasteiger partial charge is 0.496 e. The van der Waals surface area contributed by atoms with Crippen LogP contribution in [0.25, 0.3) is 0 Å². The predicted molar refractivity (Wildman–Crippen MR) is 115 cm³/mol. The molecule has 29 heavy (non-hydrogen) atoms. The van der Waals surface area contributed by atoms with Crippen LogP contribution in [0.15, 0.2) is 48.5 Å². The molecule has 2 aliphatic heterocycles. The van der Waals surface area contributed by atoms with E-state index in [0.29, 0.717) is 12.3 Å². The summed E-state index contributed by atoms with van der Waals surface area (Å²) in [5.41, 5.74) is 8.85. The highest BCUT2D eigenvalue weighted by Gasteiger charge is 2.35. The van der Waals surface area contributed by atoms with Crippen molar-refractivity contribution in [3.05, 3.63) is 64.7 Å². The summed E-state index contributed by atoms with van der Waals surface area (Å²) in [6.45, 7) is 1.58. The second kappa shape index (κ2) is 9.16. The van der Waals surface area contributed by atoms with Crippen LogP contribution in [0.3, 0.4) is 0 Å². The van der Waals surface area contributed by atoms with Crippen molar-refractivity contribution in [1.82, 2.24) is 15.8 Å². The molecule has 2 N–H and O–H groups in total. The number of amides is 1. The van der Waals surface area contributed by atoms with Gasteiger partial charge in [0.05, 0.1) is 13.2 Å². The average molecular weight is 414 g/mol. The van der Waals surface area contributed by atoms with E-state index in [0.717, 1.165) is 48.7 Å². The first-order valence-corrected chi connectivity index (χ1v) is 10.7. The minimum absolute atomic E-state index is 0.0548. The smallest absolute Gasteiger partial charge is 0.241 e. The van der Waals surface area contributed by atoms with Gasteiger partial charge in [0.2, 0.25) is 5.91 Å². The van der Waals surface area contributed by atoms with Crippen LogP contribution >= 0.6 is 11.6 Å². The van der Waals surface area contributed by atoms with Crippen LogP contribution < -0.4 is 15.6 Å². The summed E-state index contributed by atoms with van der Waals surface area (Å²) in [7, 11) is 1.68. The Morgan fingerprint density at radius 1 is 1.10 bits per heavy atom. The third-order valence-electron chi connectivity index (χ3n) is 6.04. The third kappa shape index (κ3) is 4.58. The Morgan fingerprint density at radius 2 is 1.90 bits per heavy atom. The van der Waals surface area contributed by atoms with Crippen LogP contribution in [0.4, 0.5) is 0 Å². The molecule has 1 amide bonds. The molecule has 0 aliphatic carbocycles.